The number of hydrogen-bond donors (Lipinski definition) is 1. The quantitative estimate of drug-likeness (QED) is 0.850. The minimum absolute atomic E-state index is 0.348. The Morgan fingerprint density at radius 1 is 1.44 bits per heavy atom. The molecule has 0 saturated heterocycles. The number of pyridine rings is 1. The molecule has 2 aromatic rings. The van der Waals surface area contributed by atoms with Gasteiger partial charge in [-0.05, 0) is 12.1 Å². The third-order valence-corrected chi connectivity index (χ3v) is 1.95. The van der Waals surface area contributed by atoms with E-state index in [1.54, 1.807) is 13.0 Å². The van der Waals surface area contributed by atoms with Crippen molar-refractivity contribution < 1.29 is 8.91 Å². The highest BCUT2D eigenvalue weighted by Crippen LogP contribution is 2.03. The Balaban J connectivity index is 1.82. The number of aromatic nitrogens is 3. The molecule has 0 aliphatic carbocycles. The molecule has 5 nitrogen and oxygen atoms in total. The van der Waals surface area contributed by atoms with Crippen LogP contribution < -0.4 is 5.32 Å². The van der Waals surface area contributed by atoms with Crippen LogP contribution in [-0.2, 0) is 6.42 Å². The van der Waals surface area contributed by atoms with Crippen molar-refractivity contribution in [2.24, 2.45) is 0 Å². The average molecular weight is 222 g/mol. The summed E-state index contributed by atoms with van der Waals surface area (Å²) >= 11 is 0. The zero-order chi connectivity index (χ0) is 11.4. The molecule has 2 rings (SSSR count). The summed E-state index contributed by atoms with van der Waals surface area (Å²) < 4.78 is 17.4. The third-order valence-electron chi connectivity index (χ3n) is 1.95. The van der Waals surface area contributed by atoms with Gasteiger partial charge in [0.15, 0.2) is 5.82 Å². The van der Waals surface area contributed by atoms with Crippen LogP contribution in [0.2, 0.25) is 0 Å². The number of anilines is 1. The monoisotopic (exact) mass is 222 g/mol. The summed E-state index contributed by atoms with van der Waals surface area (Å²) in [7, 11) is 0. The fourth-order valence-corrected chi connectivity index (χ4v) is 1.23. The molecule has 1 N–H and O–H groups in total. The first-order valence-electron chi connectivity index (χ1n) is 4.88. The van der Waals surface area contributed by atoms with E-state index in [9.17, 15) is 4.39 Å². The number of hydrogen-bond acceptors (Lipinski definition) is 5. The maximum absolute atomic E-state index is 12.6. The summed E-state index contributed by atoms with van der Waals surface area (Å²) in [4.78, 5) is 7.92. The molecule has 0 radical (unpaired) electrons. The Morgan fingerprint density at radius 3 is 2.94 bits per heavy atom. The van der Waals surface area contributed by atoms with Crippen LogP contribution in [0.4, 0.5) is 10.2 Å². The van der Waals surface area contributed by atoms with Gasteiger partial charge < -0.3 is 9.84 Å². The predicted molar refractivity (Wildman–Crippen MR) is 55.4 cm³/mol. The zero-order valence-electron chi connectivity index (χ0n) is 8.77. The van der Waals surface area contributed by atoms with Crippen LogP contribution in [0.25, 0.3) is 0 Å². The molecule has 2 aromatic heterocycles. The highest BCUT2D eigenvalue weighted by atomic mass is 19.1. The summed E-state index contributed by atoms with van der Waals surface area (Å²) in [6.07, 6.45) is 1.80. The molecule has 0 bridgehead atoms. The van der Waals surface area contributed by atoms with E-state index in [4.69, 9.17) is 4.52 Å². The van der Waals surface area contributed by atoms with E-state index in [0.29, 0.717) is 30.5 Å². The van der Waals surface area contributed by atoms with Crippen molar-refractivity contribution in [3.8, 4) is 0 Å². The van der Waals surface area contributed by atoms with Gasteiger partial charge in [-0.25, -0.2) is 9.37 Å². The van der Waals surface area contributed by atoms with Crippen molar-refractivity contribution in [2.45, 2.75) is 13.3 Å². The lowest BCUT2D eigenvalue weighted by atomic mass is 10.4. The number of rotatable bonds is 4. The van der Waals surface area contributed by atoms with E-state index in [2.05, 4.69) is 20.4 Å². The maximum Gasteiger partial charge on any atom is 0.223 e. The molecule has 0 atom stereocenters. The molecule has 0 saturated carbocycles. The van der Waals surface area contributed by atoms with E-state index in [0.717, 1.165) is 0 Å². The molecule has 0 amide bonds. The minimum Gasteiger partial charge on any atom is -0.370 e. The topological polar surface area (TPSA) is 63.8 Å². The second-order valence-corrected chi connectivity index (χ2v) is 3.27. The van der Waals surface area contributed by atoms with Gasteiger partial charge in [-0.15, -0.1) is 0 Å². The summed E-state index contributed by atoms with van der Waals surface area (Å²) in [6, 6.07) is 2.94. The van der Waals surface area contributed by atoms with E-state index in [1.165, 1.54) is 12.3 Å². The van der Waals surface area contributed by atoms with Crippen molar-refractivity contribution >= 4 is 5.82 Å². The minimum atomic E-state index is -0.348. The van der Waals surface area contributed by atoms with Crippen LogP contribution >= 0.6 is 0 Å². The van der Waals surface area contributed by atoms with Crippen molar-refractivity contribution in [1.29, 1.82) is 0 Å². The molecule has 16 heavy (non-hydrogen) atoms. The highest BCUT2D eigenvalue weighted by molar-refractivity contribution is 5.33. The Kier molecular flexibility index (Phi) is 3.09. The largest absolute Gasteiger partial charge is 0.370 e. The maximum atomic E-state index is 12.6. The second-order valence-electron chi connectivity index (χ2n) is 3.27. The van der Waals surface area contributed by atoms with Crippen LogP contribution in [0.3, 0.4) is 0 Å². The van der Waals surface area contributed by atoms with Crippen molar-refractivity contribution in [2.75, 3.05) is 11.9 Å². The SMILES string of the molecule is Cc1nc(CCNc2ccc(F)cn2)no1. The summed E-state index contributed by atoms with van der Waals surface area (Å²) in [5.41, 5.74) is 0. The molecule has 2 heterocycles. The van der Waals surface area contributed by atoms with Gasteiger partial charge in [-0.1, -0.05) is 5.16 Å². The summed E-state index contributed by atoms with van der Waals surface area (Å²) in [5.74, 6) is 1.47. The molecule has 6 heteroatoms. The number of aryl methyl sites for hydroxylation is 1. The smallest absolute Gasteiger partial charge is 0.223 e. The van der Waals surface area contributed by atoms with E-state index in [-0.39, 0.29) is 5.82 Å². The van der Waals surface area contributed by atoms with Crippen LogP contribution in [0.1, 0.15) is 11.7 Å². The molecule has 0 unspecified atom stereocenters. The Labute approximate surface area is 91.7 Å². The Morgan fingerprint density at radius 2 is 2.31 bits per heavy atom. The molecule has 0 aliphatic rings. The molecule has 0 spiro atoms. The first-order chi connectivity index (χ1) is 7.74. The lowest BCUT2D eigenvalue weighted by molar-refractivity contribution is 0.387. The molecule has 0 aliphatic heterocycles. The van der Waals surface area contributed by atoms with E-state index < -0.39 is 0 Å². The number of nitrogens with zero attached hydrogens (tertiary/aromatic N) is 3. The number of halogens is 1. The highest BCUT2D eigenvalue weighted by Gasteiger charge is 2.01. The lowest BCUT2D eigenvalue weighted by Gasteiger charge is -2.02. The Hall–Kier alpha value is -1.98. The first kappa shape index (κ1) is 10.5. The molecular weight excluding hydrogens is 211 g/mol. The second kappa shape index (κ2) is 4.69. The van der Waals surface area contributed by atoms with E-state index in [1.807, 2.05) is 0 Å². The van der Waals surface area contributed by atoms with Gasteiger partial charge in [0, 0.05) is 19.9 Å². The normalized spacial score (nSPS) is 10.4. The van der Waals surface area contributed by atoms with Gasteiger partial charge >= 0.3 is 0 Å². The predicted octanol–water partition coefficient (Wildman–Crippen LogP) is 1.57. The number of nitrogens with one attached hydrogen (secondary N) is 1. The fourth-order valence-electron chi connectivity index (χ4n) is 1.23. The van der Waals surface area contributed by atoms with Crippen LogP contribution in [0, 0.1) is 12.7 Å². The molecule has 0 fully saturated rings. The zero-order valence-corrected chi connectivity index (χ0v) is 8.77. The summed E-state index contributed by atoms with van der Waals surface area (Å²) in [5, 5.41) is 6.78. The standard InChI is InChI=1S/C10H11FN4O/c1-7-14-10(15-16-7)4-5-12-9-3-2-8(11)6-13-9/h2-3,6H,4-5H2,1H3,(H,12,13). The molecule has 0 aromatic carbocycles. The van der Waals surface area contributed by atoms with Crippen molar-refractivity contribution in [1.82, 2.24) is 15.1 Å². The third kappa shape index (κ3) is 2.75. The van der Waals surface area contributed by atoms with Crippen molar-refractivity contribution in [3.63, 3.8) is 0 Å². The van der Waals surface area contributed by atoms with Gasteiger partial charge in [0.05, 0.1) is 6.20 Å². The van der Waals surface area contributed by atoms with Crippen LogP contribution in [0.15, 0.2) is 22.9 Å². The van der Waals surface area contributed by atoms with E-state index >= 15 is 0 Å². The average Bonchev–Trinajstić information content (AvgIpc) is 2.67. The first-order valence-corrected chi connectivity index (χ1v) is 4.88. The molecule has 84 valence electrons. The van der Waals surface area contributed by atoms with Gasteiger partial charge in [-0.3, -0.25) is 0 Å². The summed E-state index contributed by atoms with van der Waals surface area (Å²) in [6.45, 7) is 2.36. The van der Waals surface area contributed by atoms with Crippen LogP contribution in [-0.4, -0.2) is 21.7 Å². The van der Waals surface area contributed by atoms with Gasteiger partial charge in [0.25, 0.3) is 0 Å². The van der Waals surface area contributed by atoms with Crippen LogP contribution in [0.5, 0.6) is 0 Å². The molecular formula is C10H11FN4O. The lowest BCUT2D eigenvalue weighted by Crippen LogP contribution is -2.07. The van der Waals surface area contributed by atoms with Gasteiger partial charge in [0.1, 0.15) is 11.6 Å². The Bertz CT molecular complexity index is 454. The van der Waals surface area contributed by atoms with Crippen molar-refractivity contribution in [3.05, 3.63) is 35.9 Å². The fraction of sp³-hybridized carbons (Fsp3) is 0.300. The van der Waals surface area contributed by atoms with Gasteiger partial charge in [0.2, 0.25) is 5.89 Å². The van der Waals surface area contributed by atoms with Gasteiger partial charge in [-0.2, -0.15) is 4.98 Å².